The van der Waals surface area contributed by atoms with Crippen LogP contribution in [0.1, 0.15) is 34.4 Å². The lowest BCUT2D eigenvalue weighted by Gasteiger charge is -2.06. The average Bonchev–Trinajstić information content (AvgIpc) is 2.59. The molecule has 7 heteroatoms. The molecule has 0 spiro atoms. The van der Waals surface area contributed by atoms with Crippen molar-refractivity contribution in [3.05, 3.63) is 22.6 Å². The molecular weight excluding hydrogens is 268 g/mol. The highest BCUT2D eigenvalue weighted by molar-refractivity contribution is 7.89. The lowest BCUT2D eigenvalue weighted by Crippen LogP contribution is -2.35. The van der Waals surface area contributed by atoms with Crippen molar-refractivity contribution < 1.29 is 17.6 Å². The largest absolute Gasteiger partial charge is 0.466 e. The van der Waals surface area contributed by atoms with Crippen LogP contribution >= 0.6 is 0 Å². The molecule has 0 saturated carbocycles. The number of carbonyl (C=O) groups is 1. The fraction of sp³-hybridized carbons (Fsp3) is 0.583. The minimum Gasteiger partial charge on any atom is -0.466 e. The van der Waals surface area contributed by atoms with Crippen LogP contribution in [0, 0.1) is 20.8 Å². The van der Waals surface area contributed by atoms with Gasteiger partial charge in [0.05, 0.1) is 11.3 Å². The van der Waals surface area contributed by atoms with Crippen molar-refractivity contribution >= 4 is 15.9 Å². The van der Waals surface area contributed by atoms with Crippen molar-refractivity contribution in [3.63, 3.8) is 0 Å². The molecule has 0 unspecified atom stereocenters. The topological polar surface area (TPSA) is 88.4 Å². The van der Waals surface area contributed by atoms with E-state index in [0.717, 1.165) is 5.56 Å². The van der Waals surface area contributed by atoms with Gasteiger partial charge in [-0.2, -0.15) is 0 Å². The molecule has 0 aliphatic heterocycles. The van der Waals surface area contributed by atoms with Gasteiger partial charge in [-0.05, 0) is 27.7 Å². The molecule has 0 aliphatic rings. The minimum absolute atomic E-state index is 0.0279. The van der Waals surface area contributed by atoms with E-state index in [0.29, 0.717) is 17.1 Å². The summed E-state index contributed by atoms with van der Waals surface area (Å²) in [7, 11) is -3.21. The molecule has 0 atom stereocenters. The molecule has 1 heterocycles. The van der Waals surface area contributed by atoms with E-state index in [2.05, 4.69) is 10.0 Å². The molecule has 0 aromatic carbocycles. The van der Waals surface area contributed by atoms with Crippen LogP contribution in [0.2, 0.25) is 0 Å². The number of furan rings is 1. The maximum atomic E-state index is 11.9. The summed E-state index contributed by atoms with van der Waals surface area (Å²) >= 11 is 0. The SMILES string of the molecule is CCS(=O)(=O)NCCNC(=O)c1c(C)oc(C)c1C. The number of hydrogen-bond donors (Lipinski definition) is 2. The van der Waals surface area contributed by atoms with Crippen molar-refractivity contribution in [2.45, 2.75) is 27.7 Å². The fourth-order valence-electron chi connectivity index (χ4n) is 1.70. The zero-order valence-electron chi connectivity index (χ0n) is 11.7. The number of carbonyl (C=O) groups excluding carboxylic acids is 1. The summed E-state index contributed by atoms with van der Waals surface area (Å²) in [6, 6.07) is 0. The van der Waals surface area contributed by atoms with Crippen molar-refractivity contribution in [2.24, 2.45) is 0 Å². The molecule has 0 bridgehead atoms. The summed E-state index contributed by atoms with van der Waals surface area (Å²) in [5.74, 6) is 1.07. The summed E-state index contributed by atoms with van der Waals surface area (Å²) in [6.45, 7) is 7.32. The predicted octanol–water partition coefficient (Wildman–Crippen LogP) is 0.874. The monoisotopic (exact) mass is 288 g/mol. The molecule has 0 saturated heterocycles. The van der Waals surface area contributed by atoms with E-state index in [4.69, 9.17) is 4.42 Å². The summed E-state index contributed by atoms with van der Waals surface area (Å²) in [4.78, 5) is 11.9. The smallest absolute Gasteiger partial charge is 0.255 e. The van der Waals surface area contributed by atoms with Gasteiger partial charge in [-0.1, -0.05) is 0 Å². The minimum atomic E-state index is -3.21. The van der Waals surface area contributed by atoms with Gasteiger partial charge in [0.1, 0.15) is 11.5 Å². The van der Waals surface area contributed by atoms with Crippen LogP contribution in [0.4, 0.5) is 0 Å². The van der Waals surface area contributed by atoms with Gasteiger partial charge in [0.25, 0.3) is 5.91 Å². The molecule has 1 aromatic rings. The highest BCUT2D eigenvalue weighted by atomic mass is 32.2. The number of rotatable bonds is 6. The van der Waals surface area contributed by atoms with Crippen molar-refractivity contribution in [2.75, 3.05) is 18.8 Å². The second-order valence-electron chi connectivity index (χ2n) is 4.27. The average molecular weight is 288 g/mol. The quantitative estimate of drug-likeness (QED) is 0.760. The highest BCUT2D eigenvalue weighted by Gasteiger charge is 2.18. The molecule has 0 aliphatic carbocycles. The molecule has 19 heavy (non-hydrogen) atoms. The van der Waals surface area contributed by atoms with E-state index in [1.807, 2.05) is 6.92 Å². The van der Waals surface area contributed by atoms with Gasteiger partial charge in [-0.25, -0.2) is 13.1 Å². The predicted molar refractivity (Wildman–Crippen MR) is 72.7 cm³/mol. The lowest BCUT2D eigenvalue weighted by molar-refractivity contribution is 0.0952. The molecule has 0 radical (unpaired) electrons. The van der Waals surface area contributed by atoms with Gasteiger partial charge in [-0.15, -0.1) is 0 Å². The van der Waals surface area contributed by atoms with Gasteiger partial charge >= 0.3 is 0 Å². The Morgan fingerprint density at radius 3 is 2.26 bits per heavy atom. The highest BCUT2D eigenvalue weighted by Crippen LogP contribution is 2.20. The van der Waals surface area contributed by atoms with Crippen LogP contribution in [-0.2, 0) is 10.0 Å². The zero-order valence-corrected chi connectivity index (χ0v) is 12.5. The number of sulfonamides is 1. The first kappa shape index (κ1) is 15.7. The Morgan fingerprint density at radius 2 is 1.79 bits per heavy atom. The number of aryl methyl sites for hydroxylation is 2. The standard InChI is InChI=1S/C12H20N2O4S/c1-5-19(16,17)14-7-6-13-12(15)11-8(2)9(3)18-10(11)4/h14H,5-7H2,1-4H3,(H,13,15). The fourth-order valence-corrected chi connectivity index (χ4v) is 2.32. The summed E-state index contributed by atoms with van der Waals surface area (Å²) in [5, 5.41) is 2.66. The van der Waals surface area contributed by atoms with E-state index in [9.17, 15) is 13.2 Å². The van der Waals surface area contributed by atoms with Gasteiger partial charge in [0, 0.05) is 18.7 Å². The van der Waals surface area contributed by atoms with Crippen molar-refractivity contribution in [1.82, 2.24) is 10.0 Å². The third-order valence-corrected chi connectivity index (χ3v) is 4.31. The van der Waals surface area contributed by atoms with E-state index in [1.54, 1.807) is 20.8 Å². The summed E-state index contributed by atoms with van der Waals surface area (Å²) < 4.78 is 30.1. The Balaban J connectivity index is 2.53. The lowest BCUT2D eigenvalue weighted by atomic mass is 10.1. The van der Waals surface area contributed by atoms with Gasteiger partial charge in [0.15, 0.2) is 0 Å². The molecular formula is C12H20N2O4S. The van der Waals surface area contributed by atoms with E-state index < -0.39 is 10.0 Å². The van der Waals surface area contributed by atoms with Crippen LogP contribution in [-0.4, -0.2) is 33.2 Å². The molecule has 1 aromatic heterocycles. The Morgan fingerprint density at radius 1 is 1.16 bits per heavy atom. The first-order valence-electron chi connectivity index (χ1n) is 6.10. The molecule has 2 N–H and O–H groups in total. The van der Waals surface area contributed by atoms with Crippen molar-refractivity contribution in [3.8, 4) is 0 Å². The number of nitrogens with one attached hydrogen (secondary N) is 2. The zero-order chi connectivity index (χ0) is 14.6. The van der Waals surface area contributed by atoms with Crippen LogP contribution < -0.4 is 10.0 Å². The Hall–Kier alpha value is -1.34. The van der Waals surface area contributed by atoms with E-state index in [-0.39, 0.29) is 24.7 Å². The second kappa shape index (κ2) is 6.21. The number of amides is 1. The normalized spacial score (nSPS) is 11.6. The molecule has 1 amide bonds. The maximum Gasteiger partial charge on any atom is 0.255 e. The number of hydrogen-bond acceptors (Lipinski definition) is 4. The summed E-state index contributed by atoms with van der Waals surface area (Å²) in [6.07, 6.45) is 0. The van der Waals surface area contributed by atoms with Gasteiger partial charge < -0.3 is 9.73 Å². The summed E-state index contributed by atoms with van der Waals surface area (Å²) in [5.41, 5.74) is 1.33. The molecule has 0 fully saturated rings. The molecule has 108 valence electrons. The van der Waals surface area contributed by atoms with Gasteiger partial charge in [-0.3, -0.25) is 4.79 Å². The third-order valence-electron chi connectivity index (χ3n) is 2.90. The van der Waals surface area contributed by atoms with Crippen molar-refractivity contribution in [1.29, 1.82) is 0 Å². The van der Waals surface area contributed by atoms with Crippen LogP contribution in [0.3, 0.4) is 0 Å². The van der Waals surface area contributed by atoms with Crippen LogP contribution in [0.5, 0.6) is 0 Å². The van der Waals surface area contributed by atoms with E-state index >= 15 is 0 Å². The van der Waals surface area contributed by atoms with E-state index in [1.165, 1.54) is 0 Å². The first-order valence-corrected chi connectivity index (χ1v) is 7.75. The Kier molecular flexibility index (Phi) is 5.13. The molecule has 6 nitrogen and oxygen atoms in total. The van der Waals surface area contributed by atoms with Crippen LogP contribution in [0.25, 0.3) is 0 Å². The molecule has 1 rings (SSSR count). The maximum absolute atomic E-state index is 11.9. The third kappa shape index (κ3) is 4.07. The Labute approximate surface area is 113 Å². The second-order valence-corrected chi connectivity index (χ2v) is 6.36. The first-order chi connectivity index (χ1) is 8.78. The Bertz CT molecular complexity index is 561. The van der Waals surface area contributed by atoms with Crippen LogP contribution in [0.15, 0.2) is 4.42 Å². The van der Waals surface area contributed by atoms with Gasteiger partial charge in [0.2, 0.25) is 10.0 Å².